The van der Waals surface area contributed by atoms with Gasteiger partial charge >= 0.3 is 0 Å². The van der Waals surface area contributed by atoms with Crippen molar-refractivity contribution >= 4 is 60.0 Å². The molecule has 3 aliphatic rings. The Bertz CT molecular complexity index is 3400. The first-order valence-corrected chi connectivity index (χ1v) is 20.9. The molecule has 4 heteroatoms. The summed E-state index contributed by atoms with van der Waals surface area (Å²) < 4.78 is 5.16. The number of hydrogen-bond acceptors (Lipinski definition) is 2. The number of hydrogen-bond donors (Lipinski definition) is 0. The third-order valence-electron chi connectivity index (χ3n) is 14.1. The number of allylic oxidation sites excluding steroid dienone is 1. The number of nitrogens with zero attached hydrogens (tertiary/aromatic N) is 4. The van der Waals surface area contributed by atoms with E-state index in [0.29, 0.717) is 0 Å². The van der Waals surface area contributed by atoms with Gasteiger partial charge in [-0.3, -0.25) is 5.01 Å². The van der Waals surface area contributed by atoms with Crippen LogP contribution in [-0.4, -0.2) is 32.2 Å². The first-order chi connectivity index (χ1) is 29.0. The maximum atomic E-state index is 2.73. The van der Waals surface area contributed by atoms with Crippen molar-refractivity contribution in [2.75, 3.05) is 7.05 Å². The molecule has 59 heavy (non-hydrogen) atoms. The summed E-state index contributed by atoms with van der Waals surface area (Å²) in [7, 11) is 2.33. The molecule has 8 aromatic carbocycles. The molecule has 2 bridgehead atoms. The van der Waals surface area contributed by atoms with E-state index in [2.05, 4.69) is 222 Å². The van der Waals surface area contributed by atoms with Gasteiger partial charge in [0.05, 0.1) is 34.7 Å². The second-order valence-electron chi connectivity index (χ2n) is 17.4. The lowest BCUT2D eigenvalue weighted by Gasteiger charge is -2.65. The predicted molar refractivity (Wildman–Crippen MR) is 245 cm³/mol. The smallest absolute Gasteiger partial charge is 0.0901 e. The molecule has 0 spiro atoms. The monoisotopic (exact) mass is 758 g/mol. The van der Waals surface area contributed by atoms with Gasteiger partial charge in [-0.2, -0.15) is 0 Å². The van der Waals surface area contributed by atoms with E-state index in [9.17, 15) is 0 Å². The van der Waals surface area contributed by atoms with Crippen LogP contribution in [0.5, 0.6) is 0 Å². The van der Waals surface area contributed by atoms with Gasteiger partial charge in [-0.25, -0.2) is 5.01 Å². The van der Waals surface area contributed by atoms with Crippen LogP contribution in [0.15, 0.2) is 188 Å². The average Bonchev–Trinajstić information content (AvgIpc) is 3.87. The largest absolute Gasteiger partial charge is 0.331 e. The van der Waals surface area contributed by atoms with Gasteiger partial charge in [0.15, 0.2) is 0 Å². The molecular weight excluding hydrogens is 717 g/mol. The number of likely N-dealkylation sites (N-methyl/N-ethyl adjacent to an activating group) is 1. The minimum Gasteiger partial charge on any atom is -0.331 e. The summed E-state index contributed by atoms with van der Waals surface area (Å²) >= 11 is 0. The van der Waals surface area contributed by atoms with E-state index in [1.807, 2.05) is 0 Å². The molecule has 4 heterocycles. The summed E-state index contributed by atoms with van der Waals surface area (Å²) in [6, 6.07) is 68.3. The number of para-hydroxylation sites is 3. The van der Waals surface area contributed by atoms with E-state index in [4.69, 9.17) is 0 Å². The quantitative estimate of drug-likeness (QED) is 0.178. The molecule has 282 valence electrons. The molecular formula is C55H42N4. The van der Waals surface area contributed by atoms with E-state index in [0.717, 1.165) is 0 Å². The van der Waals surface area contributed by atoms with Gasteiger partial charge in [0.1, 0.15) is 0 Å². The number of fused-ring (bicyclic) bond motifs is 12. The van der Waals surface area contributed by atoms with Crippen LogP contribution in [0, 0.1) is 0 Å². The summed E-state index contributed by atoms with van der Waals surface area (Å²) in [6.07, 6.45) is 0. The van der Waals surface area contributed by atoms with Gasteiger partial charge in [0, 0.05) is 56.5 Å². The van der Waals surface area contributed by atoms with Crippen molar-refractivity contribution in [2.45, 2.75) is 37.4 Å². The molecule has 3 atom stereocenters. The first-order valence-electron chi connectivity index (χ1n) is 20.9. The SMILES string of the molecule is CN1[C@H]2C(c3ccc4c(c3)c3ccccc3n4-c3ccccc3)N1C1=C(c3ccc(-c4ccccc4)cc3C1(C)C)C2n1c2ccccc2c2cc3ccccc3cc21. The molecule has 13 rings (SSSR count). The molecule has 1 aliphatic carbocycles. The maximum Gasteiger partial charge on any atom is 0.0901 e. The van der Waals surface area contributed by atoms with Crippen LogP contribution in [-0.2, 0) is 5.41 Å². The molecule has 0 radical (unpaired) electrons. The molecule has 0 saturated carbocycles. The molecule has 10 aromatic rings. The number of hydrazine groups is 1. The third-order valence-corrected chi connectivity index (χ3v) is 14.1. The molecule has 1 saturated heterocycles. The summed E-state index contributed by atoms with van der Waals surface area (Å²) in [5.74, 6) is 0. The lowest BCUT2D eigenvalue weighted by atomic mass is 9.75. The first kappa shape index (κ1) is 33.1. The fraction of sp³-hybridized carbons (Fsp3) is 0.127. The lowest BCUT2D eigenvalue weighted by molar-refractivity contribution is -0.197. The predicted octanol–water partition coefficient (Wildman–Crippen LogP) is 13.2. The van der Waals surface area contributed by atoms with E-state index in [1.165, 1.54) is 99.2 Å². The van der Waals surface area contributed by atoms with Crippen LogP contribution in [0.4, 0.5) is 0 Å². The molecule has 2 aliphatic heterocycles. The lowest BCUT2D eigenvalue weighted by Crippen LogP contribution is -2.70. The van der Waals surface area contributed by atoms with Crippen molar-refractivity contribution in [1.29, 1.82) is 0 Å². The van der Waals surface area contributed by atoms with Crippen molar-refractivity contribution < 1.29 is 0 Å². The zero-order valence-corrected chi connectivity index (χ0v) is 33.3. The Labute approximate surface area is 343 Å². The van der Waals surface area contributed by atoms with Crippen molar-refractivity contribution in [3.05, 3.63) is 204 Å². The highest BCUT2D eigenvalue weighted by atomic mass is 15.7. The van der Waals surface area contributed by atoms with Crippen LogP contribution < -0.4 is 0 Å². The summed E-state index contributed by atoms with van der Waals surface area (Å²) in [6.45, 7) is 4.92. The van der Waals surface area contributed by atoms with Crippen LogP contribution in [0.25, 0.3) is 76.8 Å². The van der Waals surface area contributed by atoms with Gasteiger partial charge in [0.2, 0.25) is 0 Å². The van der Waals surface area contributed by atoms with Gasteiger partial charge in [0.25, 0.3) is 0 Å². The minimum atomic E-state index is -0.246. The van der Waals surface area contributed by atoms with Crippen LogP contribution in [0.2, 0.25) is 0 Å². The topological polar surface area (TPSA) is 16.3 Å². The van der Waals surface area contributed by atoms with Gasteiger partial charge in [-0.1, -0.05) is 141 Å². The van der Waals surface area contributed by atoms with Crippen molar-refractivity contribution in [1.82, 2.24) is 19.2 Å². The second-order valence-corrected chi connectivity index (χ2v) is 17.4. The molecule has 2 aromatic heterocycles. The Kier molecular flexibility index (Phi) is 6.65. The maximum absolute atomic E-state index is 2.73. The van der Waals surface area contributed by atoms with Gasteiger partial charge < -0.3 is 9.13 Å². The zero-order valence-electron chi connectivity index (χ0n) is 33.3. The average molecular weight is 759 g/mol. The number of rotatable bonds is 4. The van der Waals surface area contributed by atoms with E-state index in [1.54, 1.807) is 0 Å². The van der Waals surface area contributed by atoms with E-state index in [-0.39, 0.29) is 23.5 Å². The van der Waals surface area contributed by atoms with Crippen LogP contribution >= 0.6 is 0 Å². The van der Waals surface area contributed by atoms with E-state index < -0.39 is 0 Å². The Morgan fingerprint density at radius 1 is 0.475 bits per heavy atom. The summed E-state index contributed by atoms with van der Waals surface area (Å²) in [5.41, 5.74) is 15.5. The van der Waals surface area contributed by atoms with Gasteiger partial charge in [-0.15, -0.1) is 0 Å². The zero-order chi connectivity index (χ0) is 39.1. The minimum absolute atomic E-state index is 0.0537. The fourth-order valence-corrected chi connectivity index (χ4v) is 11.5. The Balaban J connectivity index is 1.08. The summed E-state index contributed by atoms with van der Waals surface area (Å²) in [5, 5.41) is 13.0. The molecule has 0 amide bonds. The normalized spacial score (nSPS) is 19.6. The number of benzene rings is 8. The highest BCUT2D eigenvalue weighted by Gasteiger charge is 2.62. The number of aromatic nitrogens is 2. The van der Waals surface area contributed by atoms with Crippen molar-refractivity contribution in [2.24, 2.45) is 0 Å². The molecule has 0 N–H and O–H groups in total. The second kappa shape index (κ2) is 11.8. The third kappa shape index (κ3) is 4.36. The molecule has 2 unspecified atom stereocenters. The Morgan fingerprint density at radius 3 is 1.88 bits per heavy atom. The highest BCUT2D eigenvalue weighted by molar-refractivity contribution is 6.13. The Morgan fingerprint density at radius 2 is 1.10 bits per heavy atom. The molecule has 1 fully saturated rings. The van der Waals surface area contributed by atoms with Crippen LogP contribution in [0.3, 0.4) is 0 Å². The Hall–Kier alpha value is -6.88. The summed E-state index contributed by atoms with van der Waals surface area (Å²) in [4.78, 5) is 0. The van der Waals surface area contributed by atoms with Gasteiger partial charge in [-0.05, 0) is 93.2 Å². The molecule has 4 nitrogen and oxygen atoms in total. The fourth-order valence-electron chi connectivity index (χ4n) is 11.5. The van der Waals surface area contributed by atoms with Crippen molar-refractivity contribution in [3.8, 4) is 16.8 Å². The van der Waals surface area contributed by atoms with Crippen molar-refractivity contribution in [3.63, 3.8) is 0 Å². The van der Waals surface area contributed by atoms with Crippen LogP contribution in [0.1, 0.15) is 42.6 Å². The van der Waals surface area contributed by atoms with E-state index >= 15 is 0 Å². The standard InChI is InChI=1S/C55H42N4/c1-55(2)45-32-37(34-16-6-4-7-17-34)26-28-42(45)50-52(58-47-25-15-13-23-41(47)44-30-35-18-10-11-19-36(35)33-49(44)58)53-51(59(54(50)55)56(53)3)38-27-29-48-43(31-38)40-22-12-14-24-46(40)57(48)39-20-8-5-9-21-39/h4-33,51-53H,1-3H3/t51?,52?,53-/m0/s1. The highest BCUT2D eigenvalue weighted by Crippen LogP contribution is 2.65.